The quantitative estimate of drug-likeness (QED) is 0.870. The van der Waals surface area contributed by atoms with Crippen LogP contribution in [-0.4, -0.2) is 6.04 Å². The number of halogens is 3. The van der Waals surface area contributed by atoms with Gasteiger partial charge in [-0.1, -0.05) is 35.3 Å². The van der Waals surface area contributed by atoms with Crippen molar-refractivity contribution in [2.24, 2.45) is 5.73 Å². The topological polar surface area (TPSA) is 35.2 Å². The van der Waals surface area contributed by atoms with Crippen molar-refractivity contribution in [2.75, 3.05) is 0 Å². The highest BCUT2D eigenvalue weighted by Gasteiger charge is 2.12. The number of hydrogen-bond acceptors (Lipinski definition) is 2. The summed E-state index contributed by atoms with van der Waals surface area (Å²) in [5, 5.41) is 0.991. The number of rotatable bonds is 5. The molecule has 0 fully saturated rings. The molecule has 0 aliphatic rings. The van der Waals surface area contributed by atoms with E-state index in [0.29, 0.717) is 28.8 Å². The van der Waals surface area contributed by atoms with Gasteiger partial charge in [-0.2, -0.15) is 0 Å². The van der Waals surface area contributed by atoms with Crippen molar-refractivity contribution in [1.82, 2.24) is 0 Å². The van der Waals surface area contributed by atoms with Gasteiger partial charge in [-0.05, 0) is 48.7 Å². The molecule has 0 saturated heterocycles. The fourth-order valence-electron chi connectivity index (χ4n) is 2.01. The summed E-state index contributed by atoms with van der Waals surface area (Å²) in [6.07, 6.45) is 0.610. The minimum Gasteiger partial charge on any atom is -0.487 e. The molecule has 0 aliphatic carbocycles. The molecule has 0 aromatic heterocycles. The van der Waals surface area contributed by atoms with Crippen LogP contribution in [0.25, 0.3) is 0 Å². The maximum Gasteiger partial charge on any atom is 0.141 e. The fraction of sp³-hybridized carbons (Fsp3) is 0.250. The van der Waals surface area contributed by atoms with E-state index in [0.717, 1.165) is 11.1 Å². The fourth-order valence-corrected chi connectivity index (χ4v) is 2.60. The molecule has 0 saturated carbocycles. The summed E-state index contributed by atoms with van der Waals surface area (Å²) >= 11 is 12.2. The Balaban J connectivity index is 2.19. The third-order valence-corrected chi connectivity index (χ3v) is 3.42. The maximum atomic E-state index is 12.9. The molecule has 1 unspecified atom stereocenters. The average Bonchev–Trinajstić information content (AvgIpc) is 2.39. The molecule has 112 valence electrons. The lowest BCUT2D eigenvalue weighted by Gasteiger charge is -2.15. The van der Waals surface area contributed by atoms with Gasteiger partial charge in [0, 0.05) is 11.1 Å². The van der Waals surface area contributed by atoms with E-state index in [1.165, 1.54) is 12.1 Å². The van der Waals surface area contributed by atoms with E-state index in [4.69, 9.17) is 33.7 Å². The van der Waals surface area contributed by atoms with Crippen molar-refractivity contribution >= 4 is 23.2 Å². The predicted molar refractivity (Wildman–Crippen MR) is 84.5 cm³/mol. The first kappa shape index (κ1) is 16.1. The predicted octanol–water partition coefficient (Wildman–Crippen LogP) is 4.60. The lowest BCUT2D eigenvalue weighted by atomic mass is 10.1. The van der Waals surface area contributed by atoms with Gasteiger partial charge < -0.3 is 10.5 Å². The minimum atomic E-state index is -0.277. The molecule has 21 heavy (non-hydrogen) atoms. The maximum absolute atomic E-state index is 12.9. The van der Waals surface area contributed by atoms with E-state index in [1.54, 1.807) is 24.3 Å². The minimum absolute atomic E-state index is 0.0345. The van der Waals surface area contributed by atoms with Crippen LogP contribution in [-0.2, 0) is 13.0 Å². The van der Waals surface area contributed by atoms with Crippen molar-refractivity contribution in [1.29, 1.82) is 0 Å². The van der Waals surface area contributed by atoms with Crippen LogP contribution in [0.1, 0.15) is 18.1 Å². The summed E-state index contributed by atoms with van der Waals surface area (Å²) in [5.41, 5.74) is 7.56. The van der Waals surface area contributed by atoms with Gasteiger partial charge in [-0.3, -0.25) is 0 Å². The average molecular weight is 328 g/mol. The van der Waals surface area contributed by atoms with Crippen LogP contribution in [0.4, 0.5) is 4.39 Å². The van der Waals surface area contributed by atoms with Crippen molar-refractivity contribution in [3.63, 3.8) is 0 Å². The highest BCUT2D eigenvalue weighted by molar-refractivity contribution is 6.35. The first-order valence-corrected chi connectivity index (χ1v) is 7.32. The second-order valence-corrected chi connectivity index (χ2v) is 5.82. The van der Waals surface area contributed by atoms with E-state index < -0.39 is 0 Å². The molecular formula is C16H16Cl2FNO. The second-order valence-electron chi connectivity index (χ2n) is 4.97. The van der Waals surface area contributed by atoms with Gasteiger partial charge in [0.1, 0.15) is 18.2 Å². The normalized spacial score (nSPS) is 12.2. The Morgan fingerprint density at radius 1 is 1.19 bits per heavy atom. The van der Waals surface area contributed by atoms with Crippen molar-refractivity contribution in [3.8, 4) is 5.75 Å². The van der Waals surface area contributed by atoms with Crippen LogP contribution in [0.2, 0.25) is 10.0 Å². The van der Waals surface area contributed by atoms with Gasteiger partial charge >= 0.3 is 0 Å². The zero-order valence-corrected chi connectivity index (χ0v) is 13.1. The van der Waals surface area contributed by atoms with Crippen LogP contribution >= 0.6 is 23.2 Å². The molecule has 0 heterocycles. The number of hydrogen-bond donors (Lipinski definition) is 1. The monoisotopic (exact) mass is 327 g/mol. The van der Waals surface area contributed by atoms with Crippen LogP contribution in [0, 0.1) is 5.82 Å². The van der Waals surface area contributed by atoms with E-state index in [-0.39, 0.29) is 11.9 Å². The van der Waals surface area contributed by atoms with E-state index in [2.05, 4.69) is 0 Å². The Bertz CT molecular complexity index is 614. The number of ether oxygens (including phenoxy) is 1. The molecule has 2 rings (SSSR count). The zero-order valence-electron chi connectivity index (χ0n) is 11.6. The molecular weight excluding hydrogens is 312 g/mol. The van der Waals surface area contributed by atoms with Crippen molar-refractivity contribution in [3.05, 3.63) is 63.4 Å². The third-order valence-electron chi connectivity index (χ3n) is 2.92. The Labute approximate surface area is 133 Å². The van der Waals surface area contributed by atoms with Crippen LogP contribution < -0.4 is 10.5 Å². The smallest absolute Gasteiger partial charge is 0.141 e. The number of benzene rings is 2. The zero-order chi connectivity index (χ0) is 15.4. The summed E-state index contributed by atoms with van der Waals surface area (Å²) in [6.45, 7) is 2.20. The molecule has 5 heteroatoms. The summed E-state index contributed by atoms with van der Waals surface area (Å²) in [7, 11) is 0. The third kappa shape index (κ3) is 4.60. The summed E-state index contributed by atoms with van der Waals surface area (Å²) in [6, 6.07) is 9.53. The summed E-state index contributed by atoms with van der Waals surface area (Å²) in [5.74, 6) is 0.295. The largest absolute Gasteiger partial charge is 0.487 e. The molecule has 2 aromatic carbocycles. The molecule has 0 bridgehead atoms. The molecule has 1 atom stereocenters. The molecule has 0 amide bonds. The first-order chi connectivity index (χ1) is 9.95. The van der Waals surface area contributed by atoms with Crippen molar-refractivity contribution < 1.29 is 9.13 Å². The Hall–Kier alpha value is -1.29. The van der Waals surface area contributed by atoms with Gasteiger partial charge in [0.15, 0.2) is 0 Å². The molecule has 0 radical (unpaired) electrons. The van der Waals surface area contributed by atoms with Crippen LogP contribution in [0.3, 0.4) is 0 Å². The molecule has 0 spiro atoms. The summed E-state index contributed by atoms with van der Waals surface area (Å²) < 4.78 is 18.7. The highest BCUT2D eigenvalue weighted by atomic mass is 35.5. The standard InChI is InChI=1S/C16H16Cl2FNO/c1-10(20)6-12-7-13(17)8-15(18)16(12)21-9-11-2-4-14(19)5-3-11/h2-5,7-8,10H,6,9,20H2,1H3. The Morgan fingerprint density at radius 3 is 2.48 bits per heavy atom. The Kier molecular flexibility index (Phi) is 5.45. The molecule has 0 aliphatic heterocycles. The lowest BCUT2D eigenvalue weighted by Crippen LogP contribution is -2.18. The molecule has 2 N–H and O–H groups in total. The van der Waals surface area contributed by atoms with Crippen molar-refractivity contribution in [2.45, 2.75) is 26.0 Å². The molecule has 2 nitrogen and oxygen atoms in total. The lowest BCUT2D eigenvalue weighted by molar-refractivity contribution is 0.302. The van der Waals surface area contributed by atoms with Gasteiger partial charge in [-0.15, -0.1) is 0 Å². The summed E-state index contributed by atoms with van der Waals surface area (Å²) in [4.78, 5) is 0. The highest BCUT2D eigenvalue weighted by Crippen LogP contribution is 2.33. The van der Waals surface area contributed by atoms with E-state index >= 15 is 0 Å². The van der Waals surface area contributed by atoms with E-state index in [1.807, 2.05) is 6.92 Å². The second kappa shape index (κ2) is 7.12. The van der Waals surface area contributed by atoms with Gasteiger partial charge in [-0.25, -0.2) is 4.39 Å². The number of nitrogens with two attached hydrogens (primary N) is 1. The van der Waals surface area contributed by atoms with E-state index in [9.17, 15) is 4.39 Å². The first-order valence-electron chi connectivity index (χ1n) is 6.56. The SMILES string of the molecule is CC(N)Cc1cc(Cl)cc(Cl)c1OCc1ccc(F)cc1. The van der Waals surface area contributed by atoms with Crippen LogP contribution in [0.15, 0.2) is 36.4 Å². The molecule has 2 aromatic rings. The van der Waals surface area contributed by atoms with Gasteiger partial charge in [0.2, 0.25) is 0 Å². The van der Waals surface area contributed by atoms with Crippen LogP contribution in [0.5, 0.6) is 5.75 Å². The van der Waals surface area contributed by atoms with Gasteiger partial charge in [0.05, 0.1) is 5.02 Å². The van der Waals surface area contributed by atoms with Gasteiger partial charge in [0.25, 0.3) is 0 Å². The Morgan fingerprint density at radius 2 is 1.86 bits per heavy atom.